The van der Waals surface area contributed by atoms with Crippen molar-refractivity contribution in [3.05, 3.63) is 39.3 Å². The van der Waals surface area contributed by atoms with Gasteiger partial charge in [0.2, 0.25) is 5.13 Å². The SMILES string of the molecule is CCc1nnc(NC(=O)c2c[nH]ccc2=O)s1. The van der Waals surface area contributed by atoms with E-state index in [1.165, 1.54) is 29.8 Å². The van der Waals surface area contributed by atoms with Gasteiger partial charge in [0.1, 0.15) is 10.6 Å². The lowest BCUT2D eigenvalue weighted by Gasteiger charge is -1.98. The third kappa shape index (κ3) is 2.56. The van der Waals surface area contributed by atoms with Crippen LogP contribution >= 0.6 is 11.3 Å². The van der Waals surface area contributed by atoms with E-state index < -0.39 is 5.91 Å². The van der Waals surface area contributed by atoms with E-state index in [-0.39, 0.29) is 11.0 Å². The fourth-order valence-corrected chi connectivity index (χ4v) is 1.88. The van der Waals surface area contributed by atoms with Gasteiger partial charge in [0.25, 0.3) is 5.91 Å². The summed E-state index contributed by atoms with van der Waals surface area (Å²) >= 11 is 1.30. The number of anilines is 1. The zero-order valence-corrected chi connectivity index (χ0v) is 9.87. The van der Waals surface area contributed by atoms with Crippen LogP contribution < -0.4 is 10.7 Å². The summed E-state index contributed by atoms with van der Waals surface area (Å²) in [7, 11) is 0. The molecule has 2 aromatic rings. The summed E-state index contributed by atoms with van der Waals surface area (Å²) in [5, 5.41) is 11.5. The summed E-state index contributed by atoms with van der Waals surface area (Å²) in [6.45, 7) is 1.95. The molecule has 0 atom stereocenters. The first-order valence-electron chi connectivity index (χ1n) is 5.01. The van der Waals surface area contributed by atoms with Crippen molar-refractivity contribution in [2.45, 2.75) is 13.3 Å². The molecule has 88 valence electrons. The summed E-state index contributed by atoms with van der Waals surface area (Å²) in [6.07, 6.45) is 3.60. The quantitative estimate of drug-likeness (QED) is 0.852. The maximum absolute atomic E-state index is 11.7. The number of H-pyrrole nitrogens is 1. The van der Waals surface area contributed by atoms with E-state index in [4.69, 9.17) is 0 Å². The van der Waals surface area contributed by atoms with Crippen molar-refractivity contribution in [2.75, 3.05) is 5.32 Å². The number of rotatable bonds is 3. The molecule has 2 heterocycles. The van der Waals surface area contributed by atoms with Crippen molar-refractivity contribution < 1.29 is 4.79 Å². The van der Waals surface area contributed by atoms with E-state index in [9.17, 15) is 9.59 Å². The molecule has 17 heavy (non-hydrogen) atoms. The molecule has 0 spiro atoms. The highest BCUT2D eigenvalue weighted by Gasteiger charge is 2.12. The molecule has 0 saturated heterocycles. The van der Waals surface area contributed by atoms with Gasteiger partial charge in [-0.15, -0.1) is 10.2 Å². The van der Waals surface area contributed by atoms with E-state index in [0.717, 1.165) is 11.4 Å². The van der Waals surface area contributed by atoms with E-state index in [1.54, 1.807) is 0 Å². The zero-order valence-electron chi connectivity index (χ0n) is 9.06. The molecule has 2 N–H and O–H groups in total. The average Bonchev–Trinajstić information content (AvgIpc) is 2.77. The van der Waals surface area contributed by atoms with Crippen LogP contribution in [0.1, 0.15) is 22.3 Å². The highest BCUT2D eigenvalue weighted by atomic mass is 32.1. The molecule has 7 heteroatoms. The Bertz CT molecular complexity index is 590. The van der Waals surface area contributed by atoms with Crippen LogP contribution in [0.5, 0.6) is 0 Å². The van der Waals surface area contributed by atoms with Crippen molar-refractivity contribution in [1.82, 2.24) is 15.2 Å². The van der Waals surface area contributed by atoms with Crippen molar-refractivity contribution in [3.8, 4) is 0 Å². The molecule has 0 aliphatic rings. The molecule has 0 radical (unpaired) electrons. The van der Waals surface area contributed by atoms with Crippen molar-refractivity contribution in [1.29, 1.82) is 0 Å². The van der Waals surface area contributed by atoms with Crippen LogP contribution in [0.25, 0.3) is 0 Å². The van der Waals surface area contributed by atoms with Gasteiger partial charge in [-0.2, -0.15) is 0 Å². The predicted octanol–water partition coefficient (Wildman–Crippen LogP) is 1.04. The smallest absolute Gasteiger partial charge is 0.262 e. The van der Waals surface area contributed by atoms with Gasteiger partial charge in [-0.1, -0.05) is 18.3 Å². The van der Waals surface area contributed by atoms with E-state index in [2.05, 4.69) is 20.5 Å². The molecule has 1 amide bonds. The lowest BCUT2D eigenvalue weighted by Crippen LogP contribution is -2.20. The summed E-state index contributed by atoms with van der Waals surface area (Å²) in [5.74, 6) is -0.481. The first-order chi connectivity index (χ1) is 8.20. The van der Waals surface area contributed by atoms with Crippen LogP contribution in [0.4, 0.5) is 5.13 Å². The Morgan fingerprint density at radius 2 is 2.35 bits per heavy atom. The Labute approximate surface area is 101 Å². The van der Waals surface area contributed by atoms with Gasteiger partial charge in [0, 0.05) is 18.5 Å². The number of hydrogen-bond acceptors (Lipinski definition) is 5. The van der Waals surface area contributed by atoms with E-state index >= 15 is 0 Å². The number of nitrogens with one attached hydrogen (secondary N) is 2. The van der Waals surface area contributed by atoms with Crippen molar-refractivity contribution in [2.24, 2.45) is 0 Å². The molecule has 0 aromatic carbocycles. The fourth-order valence-electron chi connectivity index (χ4n) is 1.21. The third-order valence-corrected chi connectivity index (χ3v) is 3.04. The van der Waals surface area contributed by atoms with Gasteiger partial charge in [-0.05, 0) is 6.42 Å². The Kier molecular flexibility index (Phi) is 3.29. The van der Waals surface area contributed by atoms with Crippen LogP contribution in [0.15, 0.2) is 23.3 Å². The average molecular weight is 250 g/mol. The van der Waals surface area contributed by atoms with Crippen LogP contribution in [0.3, 0.4) is 0 Å². The minimum atomic E-state index is -0.481. The van der Waals surface area contributed by atoms with Crippen LogP contribution in [0.2, 0.25) is 0 Å². The summed E-state index contributed by atoms with van der Waals surface area (Å²) in [4.78, 5) is 25.8. The normalized spacial score (nSPS) is 10.2. The first-order valence-corrected chi connectivity index (χ1v) is 5.83. The molecule has 0 aliphatic heterocycles. The first kappa shape index (κ1) is 11.5. The number of pyridine rings is 1. The maximum Gasteiger partial charge on any atom is 0.262 e. The lowest BCUT2D eigenvalue weighted by molar-refractivity contribution is 0.102. The van der Waals surface area contributed by atoms with Crippen LogP contribution in [0, 0.1) is 0 Å². The highest BCUT2D eigenvalue weighted by Crippen LogP contribution is 2.15. The topological polar surface area (TPSA) is 87.7 Å². The summed E-state index contributed by atoms with van der Waals surface area (Å²) in [6, 6.07) is 1.30. The number of hydrogen-bond donors (Lipinski definition) is 2. The van der Waals surface area contributed by atoms with E-state index in [0.29, 0.717) is 5.13 Å². The minimum absolute atomic E-state index is 0.0562. The second kappa shape index (κ2) is 4.88. The second-order valence-corrected chi connectivity index (χ2v) is 4.29. The van der Waals surface area contributed by atoms with Gasteiger partial charge >= 0.3 is 0 Å². The maximum atomic E-state index is 11.7. The largest absolute Gasteiger partial charge is 0.367 e. The van der Waals surface area contributed by atoms with Crippen molar-refractivity contribution >= 4 is 22.4 Å². The number of aromatic amines is 1. The molecule has 0 bridgehead atoms. The Hall–Kier alpha value is -2.02. The fraction of sp³-hybridized carbons (Fsp3) is 0.200. The number of nitrogens with zero attached hydrogens (tertiary/aromatic N) is 2. The lowest BCUT2D eigenvalue weighted by atomic mass is 10.2. The van der Waals surface area contributed by atoms with Crippen LogP contribution in [-0.2, 0) is 6.42 Å². The highest BCUT2D eigenvalue weighted by molar-refractivity contribution is 7.15. The van der Waals surface area contributed by atoms with Gasteiger partial charge in [0.15, 0.2) is 5.43 Å². The number of carbonyl (C=O) groups excluding carboxylic acids is 1. The molecule has 0 fully saturated rings. The third-order valence-electron chi connectivity index (χ3n) is 2.06. The predicted molar refractivity (Wildman–Crippen MR) is 64.3 cm³/mol. The van der Waals surface area contributed by atoms with Gasteiger partial charge in [-0.3, -0.25) is 14.9 Å². The molecule has 6 nitrogen and oxygen atoms in total. The number of aromatic nitrogens is 3. The van der Waals surface area contributed by atoms with Crippen molar-refractivity contribution in [3.63, 3.8) is 0 Å². The molecule has 0 saturated carbocycles. The van der Waals surface area contributed by atoms with Gasteiger partial charge in [-0.25, -0.2) is 0 Å². The molecule has 2 aromatic heterocycles. The molecule has 0 aliphatic carbocycles. The molecule has 2 rings (SSSR count). The molecular formula is C10H10N4O2S. The van der Waals surface area contributed by atoms with Gasteiger partial charge in [0.05, 0.1) is 0 Å². The van der Waals surface area contributed by atoms with Crippen LogP contribution in [-0.4, -0.2) is 21.1 Å². The Morgan fingerprint density at radius 3 is 3.00 bits per heavy atom. The standard InChI is InChI=1S/C10H10N4O2S/c1-2-8-13-14-10(17-8)12-9(16)6-5-11-4-3-7(6)15/h3-5H,2H2,1H3,(H,11,15)(H,12,14,16). The summed E-state index contributed by atoms with van der Waals surface area (Å²) in [5.41, 5.74) is -0.276. The van der Waals surface area contributed by atoms with Gasteiger partial charge < -0.3 is 4.98 Å². The number of amides is 1. The Morgan fingerprint density at radius 1 is 1.53 bits per heavy atom. The molecular weight excluding hydrogens is 240 g/mol. The minimum Gasteiger partial charge on any atom is -0.367 e. The second-order valence-electron chi connectivity index (χ2n) is 3.23. The number of aryl methyl sites for hydroxylation is 1. The summed E-state index contributed by atoms with van der Waals surface area (Å²) < 4.78 is 0. The monoisotopic (exact) mass is 250 g/mol. The van der Waals surface area contributed by atoms with E-state index in [1.807, 2.05) is 6.92 Å². The Balaban J connectivity index is 2.17. The zero-order chi connectivity index (χ0) is 12.3. The number of carbonyl (C=O) groups is 1. The molecule has 0 unspecified atom stereocenters.